The Balaban J connectivity index is 0.000000763. The molecule has 1 aliphatic heterocycles. The summed E-state index contributed by atoms with van der Waals surface area (Å²) in [6.07, 6.45) is 16.2. The van der Waals surface area contributed by atoms with E-state index in [1.165, 1.54) is 57.9 Å². The van der Waals surface area contributed by atoms with Crippen molar-refractivity contribution in [1.82, 2.24) is 9.80 Å². The first kappa shape index (κ1) is 21.1. The van der Waals surface area contributed by atoms with Gasteiger partial charge in [-0.3, -0.25) is 0 Å². The van der Waals surface area contributed by atoms with Gasteiger partial charge in [0.1, 0.15) is 0 Å². The van der Waals surface area contributed by atoms with Crippen LogP contribution in [0.4, 0.5) is 17.3 Å². The third-order valence-corrected chi connectivity index (χ3v) is 3.83. The number of hydrogen-bond donors (Lipinski definition) is 0. The third kappa shape index (κ3) is 12.8. The second-order valence-electron chi connectivity index (χ2n) is 5.80. The maximum atomic E-state index is 9.75. The lowest BCUT2D eigenvalue weighted by atomic mass is 10.1. The van der Waals surface area contributed by atoms with Crippen LogP contribution in [0.15, 0.2) is 12.4 Å². The molecule has 0 saturated heterocycles. The Hall–Kier alpha value is -0.875. The van der Waals surface area contributed by atoms with E-state index in [0.717, 1.165) is 0 Å². The van der Waals surface area contributed by atoms with E-state index >= 15 is 0 Å². The Kier molecular flexibility index (Phi) is 11.2. The minimum absolute atomic E-state index is 0.555. The zero-order valence-corrected chi connectivity index (χ0v) is 14.1. The highest BCUT2D eigenvalue weighted by Gasteiger charge is 2.20. The van der Waals surface area contributed by atoms with Crippen LogP contribution >= 0.6 is 0 Å². The fourth-order valence-corrected chi connectivity index (χ4v) is 2.36. The van der Waals surface area contributed by atoms with Gasteiger partial charge in [0.15, 0.2) is 0 Å². The first-order valence-electron chi connectivity index (χ1n) is 8.29. The minimum Gasteiger partial charge on any atom is -0.418 e. The van der Waals surface area contributed by atoms with Crippen LogP contribution < -0.4 is 0 Å². The molecule has 0 spiro atoms. The van der Waals surface area contributed by atoms with E-state index in [0.29, 0.717) is 6.17 Å². The van der Waals surface area contributed by atoms with Crippen molar-refractivity contribution in [1.29, 1.82) is 0 Å². The smallest absolute Gasteiger partial charge is 0.418 e. The van der Waals surface area contributed by atoms with Gasteiger partial charge in [-0.05, 0) is 13.3 Å². The van der Waals surface area contributed by atoms with E-state index in [1.807, 2.05) is 0 Å². The number of unbranched alkanes of at least 4 members (excludes halogenated alkanes) is 7. The lowest BCUT2D eigenvalue weighted by molar-refractivity contribution is 0.192. The van der Waals surface area contributed by atoms with Crippen molar-refractivity contribution in [2.24, 2.45) is 0 Å². The van der Waals surface area contributed by atoms with Crippen LogP contribution in [0, 0.1) is 0 Å². The summed E-state index contributed by atoms with van der Waals surface area (Å²) in [5.74, 6) is 0. The highest BCUT2D eigenvalue weighted by atomic mass is 19.5. The van der Waals surface area contributed by atoms with E-state index in [4.69, 9.17) is 0 Å². The predicted octanol–water partition coefficient (Wildman–Crippen LogP) is 5.49. The monoisotopic (exact) mass is 325 g/mol. The first-order chi connectivity index (χ1) is 10.3. The van der Waals surface area contributed by atoms with Crippen molar-refractivity contribution in [3.63, 3.8) is 0 Å². The Morgan fingerprint density at radius 3 is 1.73 bits per heavy atom. The summed E-state index contributed by atoms with van der Waals surface area (Å²) in [6, 6.07) is 0. The summed E-state index contributed by atoms with van der Waals surface area (Å²) < 4.78 is 39.0. The van der Waals surface area contributed by atoms with Gasteiger partial charge in [-0.1, -0.05) is 51.9 Å². The molecule has 0 aromatic carbocycles. The van der Waals surface area contributed by atoms with Gasteiger partial charge < -0.3 is 27.1 Å². The van der Waals surface area contributed by atoms with Crippen molar-refractivity contribution in [3.8, 4) is 0 Å². The Bertz CT molecular complexity index is 292. The van der Waals surface area contributed by atoms with Crippen molar-refractivity contribution >= 4 is 7.25 Å². The fourth-order valence-electron chi connectivity index (χ4n) is 2.36. The topological polar surface area (TPSA) is 6.48 Å². The Morgan fingerprint density at radius 1 is 0.864 bits per heavy atom. The summed E-state index contributed by atoms with van der Waals surface area (Å²) in [4.78, 5) is 4.71. The van der Waals surface area contributed by atoms with Crippen molar-refractivity contribution < 1.29 is 17.3 Å². The highest BCUT2D eigenvalue weighted by Crippen LogP contribution is 2.15. The molecule has 0 fully saturated rings. The van der Waals surface area contributed by atoms with Gasteiger partial charge in [-0.15, -0.1) is 0 Å². The molecule has 7 heteroatoms. The molecule has 0 radical (unpaired) electrons. The molecule has 1 unspecified atom stereocenters. The molecule has 0 N–H and O–H groups in total. The second-order valence-corrected chi connectivity index (χ2v) is 5.80. The number of halogens is 4. The average Bonchev–Trinajstić information content (AvgIpc) is 2.72. The molecule has 1 heterocycles. The molecule has 2 nitrogen and oxygen atoms in total. The van der Waals surface area contributed by atoms with Crippen LogP contribution in [0.3, 0.4) is 0 Å². The standard InChI is InChI=1S/C15H30N2.BF4/c1-4-5-6-7-8-9-10-11-12-17-14-13-16(3)15(17)2;2-1(3,4)5/h13-15H,4-12H2,1-3H3;/q;-1. The normalized spacial score (nSPS) is 17.7. The fraction of sp³-hybridized carbons (Fsp3) is 0.867. The number of nitrogens with zero attached hydrogens (tertiary/aromatic N) is 2. The largest absolute Gasteiger partial charge is 0.673 e. The van der Waals surface area contributed by atoms with Gasteiger partial charge in [0.05, 0.1) is 6.17 Å². The van der Waals surface area contributed by atoms with E-state index in [9.17, 15) is 17.3 Å². The molecule has 0 amide bonds. The second kappa shape index (κ2) is 11.7. The molecule has 1 rings (SSSR count). The predicted molar refractivity (Wildman–Crippen MR) is 85.9 cm³/mol. The molecule has 0 bridgehead atoms. The minimum atomic E-state index is -6.00. The summed E-state index contributed by atoms with van der Waals surface area (Å²) in [7, 11) is -3.85. The van der Waals surface area contributed by atoms with E-state index < -0.39 is 7.25 Å². The van der Waals surface area contributed by atoms with Gasteiger partial charge in [-0.2, -0.15) is 0 Å². The molecule has 132 valence electrons. The zero-order valence-electron chi connectivity index (χ0n) is 14.1. The van der Waals surface area contributed by atoms with Crippen molar-refractivity contribution in [3.05, 3.63) is 12.4 Å². The van der Waals surface area contributed by atoms with Crippen molar-refractivity contribution in [2.45, 2.75) is 71.4 Å². The zero-order chi connectivity index (χ0) is 17.0. The molecule has 1 aliphatic rings. The highest BCUT2D eigenvalue weighted by molar-refractivity contribution is 6.50. The lowest BCUT2D eigenvalue weighted by Gasteiger charge is -2.26. The first-order valence-corrected chi connectivity index (χ1v) is 8.29. The van der Waals surface area contributed by atoms with Crippen LogP contribution in [0.25, 0.3) is 0 Å². The van der Waals surface area contributed by atoms with Gasteiger partial charge >= 0.3 is 7.25 Å². The van der Waals surface area contributed by atoms with Crippen LogP contribution in [-0.4, -0.2) is 36.8 Å². The summed E-state index contributed by atoms with van der Waals surface area (Å²) in [5.41, 5.74) is 0. The molecule has 0 aliphatic carbocycles. The number of rotatable bonds is 9. The Morgan fingerprint density at radius 2 is 1.32 bits per heavy atom. The maximum absolute atomic E-state index is 9.75. The summed E-state index contributed by atoms with van der Waals surface area (Å²) in [5, 5.41) is 0. The molecular formula is C15H30BF4N2-. The van der Waals surface area contributed by atoms with Crippen LogP contribution in [0.2, 0.25) is 0 Å². The third-order valence-electron chi connectivity index (χ3n) is 3.83. The molecule has 0 aromatic heterocycles. The number of hydrogen-bond acceptors (Lipinski definition) is 2. The molecule has 1 atom stereocenters. The van der Waals surface area contributed by atoms with E-state index in [2.05, 4.69) is 43.1 Å². The van der Waals surface area contributed by atoms with E-state index in [1.54, 1.807) is 0 Å². The van der Waals surface area contributed by atoms with Gasteiger partial charge in [0, 0.05) is 26.0 Å². The summed E-state index contributed by atoms with van der Waals surface area (Å²) >= 11 is 0. The molecule has 0 aromatic rings. The van der Waals surface area contributed by atoms with Crippen molar-refractivity contribution in [2.75, 3.05) is 13.6 Å². The van der Waals surface area contributed by atoms with Crippen LogP contribution in [0.1, 0.15) is 65.2 Å². The average molecular weight is 325 g/mol. The Labute approximate surface area is 132 Å². The molecular weight excluding hydrogens is 295 g/mol. The van der Waals surface area contributed by atoms with Crippen LogP contribution in [-0.2, 0) is 0 Å². The molecule has 0 saturated carbocycles. The van der Waals surface area contributed by atoms with Gasteiger partial charge in [0.2, 0.25) is 0 Å². The van der Waals surface area contributed by atoms with Gasteiger partial charge in [0.25, 0.3) is 0 Å². The lowest BCUT2D eigenvalue weighted by Crippen LogP contribution is -2.34. The van der Waals surface area contributed by atoms with Crippen LogP contribution in [0.5, 0.6) is 0 Å². The van der Waals surface area contributed by atoms with E-state index in [-0.39, 0.29) is 0 Å². The summed E-state index contributed by atoms with van der Waals surface area (Å²) in [6.45, 7) is 5.77. The SMILES string of the molecule is CCCCCCCCCCN1C=CN(C)C1C.F[B-](F)(F)F. The van der Waals surface area contributed by atoms with Gasteiger partial charge in [-0.25, -0.2) is 0 Å². The quantitative estimate of drug-likeness (QED) is 0.314. The maximum Gasteiger partial charge on any atom is 0.673 e. The molecule has 22 heavy (non-hydrogen) atoms.